The van der Waals surface area contributed by atoms with Gasteiger partial charge in [-0.2, -0.15) is 0 Å². The first-order valence-corrected chi connectivity index (χ1v) is 7.61. The molecule has 1 N–H and O–H groups in total. The van der Waals surface area contributed by atoms with E-state index < -0.39 is 0 Å². The minimum absolute atomic E-state index is 0.606. The highest BCUT2D eigenvalue weighted by atomic mass is 15.1. The molecule has 1 aromatic heterocycles. The lowest BCUT2D eigenvalue weighted by molar-refractivity contribution is 0.394. The lowest BCUT2D eigenvalue weighted by atomic mass is 9.93. The van der Waals surface area contributed by atoms with Crippen molar-refractivity contribution >= 4 is 0 Å². The molecule has 0 radical (unpaired) electrons. The largest absolute Gasteiger partial charge is 0.335 e. The van der Waals surface area contributed by atoms with Gasteiger partial charge >= 0.3 is 0 Å². The quantitative estimate of drug-likeness (QED) is 0.811. The molecule has 0 bridgehead atoms. The molecule has 18 heavy (non-hydrogen) atoms. The van der Waals surface area contributed by atoms with E-state index in [1.807, 2.05) is 6.20 Å². The van der Waals surface area contributed by atoms with Crippen LogP contribution in [0.1, 0.15) is 64.1 Å². The van der Waals surface area contributed by atoms with E-state index >= 15 is 0 Å². The van der Waals surface area contributed by atoms with Crippen LogP contribution in [-0.2, 0) is 6.54 Å². The summed E-state index contributed by atoms with van der Waals surface area (Å²) in [4.78, 5) is 4.66. The molecule has 3 heteroatoms. The topological polar surface area (TPSA) is 29.9 Å². The molecule has 0 amide bonds. The second kappa shape index (κ2) is 6.93. The normalized spacial score (nSPS) is 25.0. The van der Waals surface area contributed by atoms with Gasteiger partial charge in [0.2, 0.25) is 0 Å². The summed E-state index contributed by atoms with van der Waals surface area (Å²) < 4.78 is 2.36. The fourth-order valence-corrected chi connectivity index (χ4v) is 3.20. The Morgan fingerprint density at radius 1 is 1.28 bits per heavy atom. The summed E-state index contributed by atoms with van der Waals surface area (Å²) in [6, 6.07) is 0.621. The molecule has 0 saturated heterocycles. The van der Waals surface area contributed by atoms with Gasteiger partial charge in [0.05, 0.1) is 0 Å². The Morgan fingerprint density at radius 2 is 2.11 bits per heavy atom. The Balaban J connectivity index is 2.17. The van der Waals surface area contributed by atoms with Gasteiger partial charge in [-0.25, -0.2) is 4.98 Å². The summed E-state index contributed by atoms with van der Waals surface area (Å²) in [5.41, 5.74) is 0. The molecule has 2 rings (SSSR count). The molecule has 2 unspecified atom stereocenters. The van der Waals surface area contributed by atoms with E-state index in [2.05, 4.69) is 34.9 Å². The third-order valence-corrected chi connectivity index (χ3v) is 4.03. The van der Waals surface area contributed by atoms with E-state index in [0.717, 1.165) is 13.1 Å². The maximum Gasteiger partial charge on any atom is 0.113 e. The first-order chi connectivity index (χ1) is 8.86. The number of rotatable bonds is 5. The van der Waals surface area contributed by atoms with E-state index in [9.17, 15) is 0 Å². The summed E-state index contributed by atoms with van der Waals surface area (Å²) in [7, 11) is 0. The van der Waals surface area contributed by atoms with Gasteiger partial charge in [-0.15, -0.1) is 0 Å². The number of aryl methyl sites for hydroxylation is 1. The number of hydrogen-bond acceptors (Lipinski definition) is 2. The molecule has 102 valence electrons. The van der Waals surface area contributed by atoms with Gasteiger partial charge in [-0.1, -0.05) is 33.1 Å². The lowest BCUT2D eigenvalue weighted by Crippen LogP contribution is -2.35. The summed E-state index contributed by atoms with van der Waals surface area (Å²) in [6.07, 6.45) is 12.0. The standard InChI is InChI=1S/C15H27N3/c1-3-11-18-12-10-17-15(18)13-8-6-5-7-9-14(13)16-4-2/h10,12-14,16H,3-9,11H2,1-2H3. The van der Waals surface area contributed by atoms with Crippen molar-refractivity contribution in [1.29, 1.82) is 0 Å². The Labute approximate surface area is 111 Å². The maximum absolute atomic E-state index is 4.66. The van der Waals surface area contributed by atoms with Crippen molar-refractivity contribution in [2.75, 3.05) is 6.54 Å². The predicted octanol–water partition coefficient (Wildman–Crippen LogP) is 3.32. The molecule has 0 aromatic carbocycles. The second-order valence-electron chi connectivity index (χ2n) is 5.39. The van der Waals surface area contributed by atoms with Gasteiger partial charge in [0.25, 0.3) is 0 Å². The van der Waals surface area contributed by atoms with Crippen molar-refractivity contribution in [1.82, 2.24) is 14.9 Å². The molecule has 1 aliphatic carbocycles. The van der Waals surface area contributed by atoms with Gasteiger partial charge in [0.1, 0.15) is 5.82 Å². The molecule has 1 aliphatic rings. The second-order valence-corrected chi connectivity index (χ2v) is 5.39. The van der Waals surface area contributed by atoms with Gasteiger partial charge in [0.15, 0.2) is 0 Å². The smallest absolute Gasteiger partial charge is 0.113 e. The number of hydrogen-bond donors (Lipinski definition) is 1. The van der Waals surface area contributed by atoms with Gasteiger partial charge in [0, 0.05) is 30.9 Å². The summed E-state index contributed by atoms with van der Waals surface area (Å²) >= 11 is 0. The van der Waals surface area contributed by atoms with Crippen molar-refractivity contribution in [3.63, 3.8) is 0 Å². The lowest BCUT2D eigenvalue weighted by Gasteiger charge is -2.26. The first kappa shape index (κ1) is 13.6. The van der Waals surface area contributed by atoms with E-state index in [1.165, 1.54) is 44.3 Å². The van der Waals surface area contributed by atoms with Crippen LogP contribution in [0.5, 0.6) is 0 Å². The van der Waals surface area contributed by atoms with Crippen molar-refractivity contribution in [2.24, 2.45) is 0 Å². The summed E-state index contributed by atoms with van der Waals surface area (Å²) in [6.45, 7) is 6.61. The van der Waals surface area contributed by atoms with Crippen LogP contribution < -0.4 is 5.32 Å². The number of nitrogens with zero attached hydrogens (tertiary/aromatic N) is 2. The SMILES string of the molecule is CCCn1ccnc1C1CCCCCC1NCC. The highest BCUT2D eigenvalue weighted by molar-refractivity contribution is 5.06. The maximum atomic E-state index is 4.66. The summed E-state index contributed by atoms with van der Waals surface area (Å²) in [5, 5.41) is 3.68. The highest BCUT2D eigenvalue weighted by Crippen LogP contribution is 2.31. The highest BCUT2D eigenvalue weighted by Gasteiger charge is 2.27. The molecular formula is C15H27N3. The minimum Gasteiger partial charge on any atom is -0.335 e. The Morgan fingerprint density at radius 3 is 2.89 bits per heavy atom. The van der Waals surface area contributed by atoms with Crippen LogP contribution in [0, 0.1) is 0 Å². The number of likely N-dealkylation sites (N-methyl/N-ethyl adjacent to an activating group) is 1. The number of nitrogens with one attached hydrogen (secondary N) is 1. The van der Waals surface area contributed by atoms with Crippen LogP contribution in [0.3, 0.4) is 0 Å². The Hall–Kier alpha value is -0.830. The van der Waals surface area contributed by atoms with Crippen LogP contribution >= 0.6 is 0 Å². The average molecular weight is 249 g/mol. The molecular weight excluding hydrogens is 222 g/mol. The zero-order valence-electron chi connectivity index (χ0n) is 11.9. The molecule has 3 nitrogen and oxygen atoms in total. The van der Waals surface area contributed by atoms with Crippen molar-refractivity contribution in [3.05, 3.63) is 18.2 Å². The van der Waals surface area contributed by atoms with Crippen molar-refractivity contribution in [2.45, 2.75) is 70.9 Å². The van der Waals surface area contributed by atoms with Gasteiger partial charge < -0.3 is 9.88 Å². The van der Waals surface area contributed by atoms with Gasteiger partial charge in [-0.05, 0) is 25.8 Å². The predicted molar refractivity (Wildman–Crippen MR) is 75.8 cm³/mol. The number of aromatic nitrogens is 2. The fraction of sp³-hybridized carbons (Fsp3) is 0.800. The van der Waals surface area contributed by atoms with Crippen LogP contribution in [0.2, 0.25) is 0 Å². The van der Waals surface area contributed by atoms with Crippen LogP contribution in [0.15, 0.2) is 12.4 Å². The van der Waals surface area contributed by atoms with Gasteiger partial charge in [-0.3, -0.25) is 0 Å². The Kier molecular flexibility index (Phi) is 5.24. The van der Waals surface area contributed by atoms with E-state index in [4.69, 9.17) is 0 Å². The molecule has 0 spiro atoms. The molecule has 1 saturated carbocycles. The van der Waals surface area contributed by atoms with Crippen molar-refractivity contribution in [3.8, 4) is 0 Å². The third kappa shape index (κ3) is 3.14. The van der Waals surface area contributed by atoms with E-state index in [0.29, 0.717) is 12.0 Å². The zero-order chi connectivity index (χ0) is 12.8. The summed E-state index contributed by atoms with van der Waals surface area (Å²) in [5.74, 6) is 1.92. The zero-order valence-corrected chi connectivity index (χ0v) is 11.9. The molecule has 1 heterocycles. The monoisotopic (exact) mass is 249 g/mol. The fourth-order valence-electron chi connectivity index (χ4n) is 3.20. The molecule has 1 fully saturated rings. The van der Waals surface area contributed by atoms with Crippen LogP contribution in [-0.4, -0.2) is 22.1 Å². The van der Waals surface area contributed by atoms with Crippen molar-refractivity contribution < 1.29 is 0 Å². The Bertz CT molecular complexity index is 345. The minimum atomic E-state index is 0.606. The molecule has 2 atom stereocenters. The first-order valence-electron chi connectivity index (χ1n) is 7.61. The van der Waals surface area contributed by atoms with Crippen LogP contribution in [0.25, 0.3) is 0 Å². The molecule has 0 aliphatic heterocycles. The number of imidazole rings is 1. The average Bonchev–Trinajstić information content (AvgIpc) is 2.69. The van der Waals surface area contributed by atoms with Crippen LogP contribution in [0.4, 0.5) is 0 Å². The van der Waals surface area contributed by atoms with E-state index in [-0.39, 0.29) is 0 Å². The molecule has 1 aromatic rings. The third-order valence-electron chi connectivity index (χ3n) is 4.03. The van der Waals surface area contributed by atoms with E-state index in [1.54, 1.807) is 0 Å².